The van der Waals surface area contributed by atoms with E-state index in [0.717, 1.165) is 4.68 Å². The van der Waals surface area contributed by atoms with Gasteiger partial charge in [0.2, 0.25) is 0 Å². The number of halogens is 3. The van der Waals surface area contributed by atoms with Crippen molar-refractivity contribution in [3.63, 3.8) is 0 Å². The van der Waals surface area contributed by atoms with Gasteiger partial charge in [0.15, 0.2) is 5.69 Å². The first-order valence-electron chi connectivity index (χ1n) is 5.39. The van der Waals surface area contributed by atoms with E-state index in [-0.39, 0.29) is 31.1 Å². The molecule has 19 heavy (non-hydrogen) atoms. The summed E-state index contributed by atoms with van der Waals surface area (Å²) in [6, 6.07) is 0. The van der Waals surface area contributed by atoms with Crippen LogP contribution in [0.4, 0.5) is 13.2 Å². The Labute approximate surface area is 106 Å². The molecule has 7 nitrogen and oxygen atoms in total. The van der Waals surface area contributed by atoms with E-state index in [1.165, 1.54) is 0 Å². The van der Waals surface area contributed by atoms with Crippen LogP contribution in [0, 0.1) is 0 Å². The van der Waals surface area contributed by atoms with Gasteiger partial charge in [-0.2, -0.15) is 0 Å². The summed E-state index contributed by atoms with van der Waals surface area (Å²) in [7, 11) is 0. The molecule has 0 aliphatic rings. The predicted molar refractivity (Wildman–Crippen MR) is 55.9 cm³/mol. The molecule has 0 aliphatic carbocycles. The molecule has 108 valence electrons. The summed E-state index contributed by atoms with van der Waals surface area (Å²) in [5, 5.41) is 7.09. The molecule has 0 aliphatic heterocycles. The lowest BCUT2D eigenvalue weighted by atomic mass is 10.3. The number of carbonyl (C=O) groups excluding carboxylic acids is 1. The zero-order valence-corrected chi connectivity index (χ0v) is 10.1. The van der Waals surface area contributed by atoms with E-state index in [9.17, 15) is 18.0 Å². The minimum atomic E-state index is -4.71. The lowest BCUT2D eigenvalue weighted by Crippen LogP contribution is -2.20. The smallest absolute Gasteiger partial charge is 0.461 e. The number of rotatable bonds is 6. The zero-order chi connectivity index (χ0) is 14.5. The summed E-state index contributed by atoms with van der Waals surface area (Å²) in [5.41, 5.74) is 5.51. The lowest BCUT2D eigenvalue weighted by molar-refractivity contribution is -0.325. The van der Waals surface area contributed by atoms with E-state index in [1.807, 2.05) is 0 Å². The molecular formula is C9H13F3N4O3. The van der Waals surface area contributed by atoms with E-state index in [4.69, 9.17) is 10.5 Å². The third-order valence-corrected chi connectivity index (χ3v) is 2.07. The Balaban J connectivity index is 2.72. The molecule has 0 aromatic carbocycles. The van der Waals surface area contributed by atoms with Gasteiger partial charge in [-0.05, 0) is 6.92 Å². The second-order valence-corrected chi connectivity index (χ2v) is 3.33. The number of esters is 1. The topological polar surface area (TPSA) is 92.3 Å². The fourth-order valence-electron chi connectivity index (χ4n) is 1.32. The molecule has 1 rings (SSSR count). The van der Waals surface area contributed by atoms with Crippen molar-refractivity contribution in [2.75, 3.05) is 13.2 Å². The van der Waals surface area contributed by atoms with Gasteiger partial charge in [-0.25, -0.2) is 9.48 Å². The number of aromatic nitrogens is 3. The fraction of sp³-hybridized carbons (Fsp3) is 0.667. The van der Waals surface area contributed by atoms with Crippen LogP contribution < -0.4 is 5.73 Å². The quantitative estimate of drug-likeness (QED) is 0.761. The van der Waals surface area contributed by atoms with E-state index in [2.05, 4.69) is 15.0 Å². The molecule has 1 heterocycles. The molecule has 0 saturated carbocycles. The molecule has 0 amide bonds. The van der Waals surface area contributed by atoms with Crippen LogP contribution in [0.1, 0.15) is 23.1 Å². The summed E-state index contributed by atoms with van der Waals surface area (Å²) >= 11 is 0. The van der Waals surface area contributed by atoms with Crippen LogP contribution in [0.3, 0.4) is 0 Å². The van der Waals surface area contributed by atoms with Crippen LogP contribution in [0.2, 0.25) is 0 Å². The number of carbonyl (C=O) groups is 1. The number of nitrogens with two attached hydrogens (primary N) is 1. The summed E-state index contributed by atoms with van der Waals surface area (Å²) in [6.45, 7) is 0.780. The number of nitrogens with zero attached hydrogens (tertiary/aromatic N) is 3. The first-order chi connectivity index (χ1) is 8.89. The maximum absolute atomic E-state index is 11.8. The van der Waals surface area contributed by atoms with Crippen LogP contribution in [0.25, 0.3) is 0 Å². The van der Waals surface area contributed by atoms with Crippen molar-refractivity contribution < 1.29 is 27.4 Å². The zero-order valence-electron chi connectivity index (χ0n) is 10.1. The minimum absolute atomic E-state index is 0.101. The van der Waals surface area contributed by atoms with Gasteiger partial charge in [0.05, 0.1) is 25.5 Å². The number of hydrogen-bond acceptors (Lipinski definition) is 6. The largest absolute Gasteiger partial charge is 0.522 e. The lowest BCUT2D eigenvalue weighted by Gasteiger charge is -2.08. The first kappa shape index (κ1) is 15.4. The Hall–Kier alpha value is -1.68. The first-order valence-corrected chi connectivity index (χ1v) is 5.39. The maximum atomic E-state index is 11.8. The number of ether oxygens (including phenoxy) is 2. The molecule has 0 fully saturated rings. The SMILES string of the molecule is CCOC(=O)c1nnn(CCOC(F)(F)F)c1CN. The highest BCUT2D eigenvalue weighted by atomic mass is 19.4. The Morgan fingerprint density at radius 2 is 2.16 bits per heavy atom. The normalized spacial score (nSPS) is 11.6. The highest BCUT2D eigenvalue weighted by Gasteiger charge is 2.29. The molecule has 1 aromatic heterocycles. The van der Waals surface area contributed by atoms with Crippen molar-refractivity contribution in [3.8, 4) is 0 Å². The van der Waals surface area contributed by atoms with Crippen LogP contribution >= 0.6 is 0 Å². The van der Waals surface area contributed by atoms with Crippen molar-refractivity contribution in [3.05, 3.63) is 11.4 Å². The molecule has 10 heteroatoms. The second-order valence-electron chi connectivity index (χ2n) is 3.33. The second kappa shape index (κ2) is 6.48. The summed E-state index contributed by atoms with van der Waals surface area (Å²) in [4.78, 5) is 11.5. The Morgan fingerprint density at radius 3 is 2.68 bits per heavy atom. The highest BCUT2D eigenvalue weighted by Crippen LogP contribution is 2.16. The molecule has 0 bridgehead atoms. The summed E-state index contributed by atoms with van der Waals surface area (Å²) in [6.07, 6.45) is -4.71. The average molecular weight is 282 g/mol. The third-order valence-electron chi connectivity index (χ3n) is 2.07. The van der Waals surface area contributed by atoms with Crippen molar-refractivity contribution in [2.24, 2.45) is 5.73 Å². The number of alkyl halides is 3. The Morgan fingerprint density at radius 1 is 1.47 bits per heavy atom. The Bertz CT molecular complexity index is 433. The number of hydrogen-bond donors (Lipinski definition) is 1. The molecule has 0 spiro atoms. The van der Waals surface area contributed by atoms with Gasteiger partial charge >= 0.3 is 12.3 Å². The van der Waals surface area contributed by atoms with Crippen LogP contribution in [0.15, 0.2) is 0 Å². The molecule has 0 radical (unpaired) electrons. The van der Waals surface area contributed by atoms with Gasteiger partial charge in [0, 0.05) is 6.54 Å². The molecule has 0 saturated heterocycles. The maximum Gasteiger partial charge on any atom is 0.522 e. The van der Waals surface area contributed by atoms with Crippen LogP contribution in [-0.2, 0) is 22.6 Å². The molecule has 0 unspecified atom stereocenters. The molecule has 2 N–H and O–H groups in total. The van der Waals surface area contributed by atoms with Crippen molar-refractivity contribution in [1.29, 1.82) is 0 Å². The van der Waals surface area contributed by atoms with Crippen LogP contribution in [0.5, 0.6) is 0 Å². The van der Waals surface area contributed by atoms with Gasteiger partial charge in [-0.3, -0.25) is 4.74 Å². The monoisotopic (exact) mass is 282 g/mol. The highest BCUT2D eigenvalue weighted by molar-refractivity contribution is 5.88. The van der Waals surface area contributed by atoms with Gasteiger partial charge in [0.25, 0.3) is 0 Å². The van der Waals surface area contributed by atoms with Crippen molar-refractivity contribution in [2.45, 2.75) is 26.4 Å². The average Bonchev–Trinajstić information content (AvgIpc) is 2.70. The van der Waals surface area contributed by atoms with Gasteiger partial charge in [-0.1, -0.05) is 5.21 Å². The molecular weight excluding hydrogens is 269 g/mol. The summed E-state index contributed by atoms with van der Waals surface area (Å²) < 4.78 is 44.8. The minimum Gasteiger partial charge on any atom is -0.461 e. The summed E-state index contributed by atoms with van der Waals surface area (Å²) in [5.74, 6) is -0.717. The van der Waals surface area contributed by atoms with Crippen molar-refractivity contribution in [1.82, 2.24) is 15.0 Å². The Kier molecular flexibility index (Phi) is 5.24. The van der Waals surface area contributed by atoms with Crippen molar-refractivity contribution >= 4 is 5.97 Å². The van der Waals surface area contributed by atoms with E-state index >= 15 is 0 Å². The fourth-order valence-corrected chi connectivity index (χ4v) is 1.32. The van der Waals surface area contributed by atoms with Gasteiger partial charge in [0.1, 0.15) is 0 Å². The standard InChI is InChI=1S/C9H13F3N4O3/c1-2-18-8(17)7-6(5-13)16(15-14-7)3-4-19-9(10,11)12/h2-5,13H2,1H3. The van der Waals surface area contributed by atoms with Gasteiger partial charge in [-0.15, -0.1) is 18.3 Å². The van der Waals surface area contributed by atoms with Crippen LogP contribution in [-0.4, -0.2) is 40.5 Å². The predicted octanol–water partition coefficient (Wildman–Crippen LogP) is 0.450. The van der Waals surface area contributed by atoms with Gasteiger partial charge < -0.3 is 10.5 Å². The van der Waals surface area contributed by atoms with E-state index in [0.29, 0.717) is 0 Å². The molecule has 1 aromatic rings. The van der Waals surface area contributed by atoms with E-state index < -0.39 is 18.9 Å². The van der Waals surface area contributed by atoms with E-state index in [1.54, 1.807) is 6.92 Å². The third kappa shape index (κ3) is 4.48. The molecule has 0 atom stereocenters.